The van der Waals surface area contributed by atoms with Crippen LogP contribution in [-0.2, 0) is 4.74 Å². The highest BCUT2D eigenvalue weighted by Crippen LogP contribution is 2.25. The van der Waals surface area contributed by atoms with Gasteiger partial charge >= 0.3 is 6.09 Å². The van der Waals surface area contributed by atoms with Gasteiger partial charge < -0.3 is 15.0 Å². The molecule has 1 saturated heterocycles. The maximum absolute atomic E-state index is 12.3. The Balaban J connectivity index is 1.64. The number of amides is 1. The molecular formula is C20H27N3O2. The van der Waals surface area contributed by atoms with Gasteiger partial charge in [-0.25, -0.2) is 4.79 Å². The summed E-state index contributed by atoms with van der Waals surface area (Å²) in [5.41, 5.74) is 0.688. The molecule has 0 aliphatic carbocycles. The molecule has 3 rings (SSSR count). The monoisotopic (exact) mass is 341 g/mol. The quantitative estimate of drug-likeness (QED) is 0.877. The highest BCUT2D eigenvalue weighted by Gasteiger charge is 2.25. The van der Waals surface area contributed by atoms with Crippen LogP contribution in [0.2, 0.25) is 0 Å². The number of fused-ring (bicyclic) bond motifs is 1. The van der Waals surface area contributed by atoms with E-state index in [4.69, 9.17) is 4.74 Å². The largest absolute Gasteiger partial charge is 0.444 e. The minimum Gasteiger partial charge on any atom is -0.444 e. The standard InChI is InChI=1S/C20H27N3O2/c1-20(2,3)25-19(24)23-12-5-7-16(10-13-23)22-18-8-4-6-15-14-21-11-9-17(15)18/h4,6,8-9,11,14,16,22H,5,7,10,12-13H2,1-3H3. The first kappa shape index (κ1) is 17.5. The summed E-state index contributed by atoms with van der Waals surface area (Å²) < 4.78 is 5.50. The molecular weight excluding hydrogens is 314 g/mol. The average molecular weight is 341 g/mol. The lowest BCUT2D eigenvalue weighted by Gasteiger charge is -2.26. The summed E-state index contributed by atoms with van der Waals surface area (Å²) in [7, 11) is 0. The van der Waals surface area contributed by atoms with E-state index in [9.17, 15) is 4.79 Å². The fourth-order valence-corrected chi connectivity index (χ4v) is 3.22. The predicted molar refractivity (Wildman–Crippen MR) is 101 cm³/mol. The number of nitrogens with one attached hydrogen (secondary N) is 1. The first-order valence-corrected chi connectivity index (χ1v) is 8.99. The minimum atomic E-state index is -0.446. The van der Waals surface area contributed by atoms with Gasteiger partial charge in [0.2, 0.25) is 0 Å². The van der Waals surface area contributed by atoms with Gasteiger partial charge in [0.05, 0.1) is 0 Å². The number of nitrogens with zero attached hydrogens (tertiary/aromatic N) is 2. The maximum atomic E-state index is 12.3. The number of pyridine rings is 1. The van der Waals surface area contributed by atoms with E-state index in [2.05, 4.69) is 28.5 Å². The molecule has 1 aromatic carbocycles. The van der Waals surface area contributed by atoms with E-state index in [-0.39, 0.29) is 6.09 Å². The number of aromatic nitrogens is 1. The van der Waals surface area contributed by atoms with E-state index < -0.39 is 5.60 Å². The number of hydrogen-bond donors (Lipinski definition) is 1. The number of benzene rings is 1. The number of ether oxygens (including phenoxy) is 1. The third-order valence-corrected chi connectivity index (χ3v) is 4.42. The summed E-state index contributed by atoms with van der Waals surface area (Å²) in [4.78, 5) is 18.3. The molecule has 5 heteroatoms. The van der Waals surface area contributed by atoms with Gasteiger partial charge in [0, 0.05) is 48.0 Å². The van der Waals surface area contributed by atoms with Crippen LogP contribution in [0.3, 0.4) is 0 Å². The van der Waals surface area contributed by atoms with E-state index in [1.54, 1.807) is 0 Å². The summed E-state index contributed by atoms with van der Waals surface area (Å²) in [6, 6.07) is 8.63. The molecule has 2 heterocycles. The van der Waals surface area contributed by atoms with Crippen LogP contribution in [0.5, 0.6) is 0 Å². The zero-order valence-electron chi connectivity index (χ0n) is 15.3. The molecule has 1 aliphatic rings. The SMILES string of the molecule is CC(C)(C)OC(=O)N1CCCC(Nc2cccc3cnccc23)CC1. The smallest absolute Gasteiger partial charge is 0.410 e. The Hall–Kier alpha value is -2.30. The molecule has 1 unspecified atom stereocenters. The Bertz CT molecular complexity index is 734. The third-order valence-electron chi connectivity index (χ3n) is 4.42. The number of anilines is 1. The molecule has 25 heavy (non-hydrogen) atoms. The van der Waals surface area contributed by atoms with E-state index in [1.165, 1.54) is 5.39 Å². The van der Waals surface area contributed by atoms with Gasteiger partial charge in [-0.3, -0.25) is 4.98 Å². The van der Waals surface area contributed by atoms with Gasteiger partial charge in [-0.05, 0) is 52.2 Å². The van der Waals surface area contributed by atoms with Gasteiger partial charge in [-0.15, -0.1) is 0 Å². The van der Waals surface area contributed by atoms with Gasteiger partial charge in [0.25, 0.3) is 0 Å². The van der Waals surface area contributed by atoms with Crippen molar-refractivity contribution in [2.45, 2.75) is 51.7 Å². The first-order valence-electron chi connectivity index (χ1n) is 8.99. The second-order valence-corrected chi connectivity index (χ2v) is 7.64. The van der Waals surface area contributed by atoms with Crippen molar-refractivity contribution in [3.05, 3.63) is 36.7 Å². The van der Waals surface area contributed by atoms with Crippen molar-refractivity contribution >= 4 is 22.6 Å². The Morgan fingerprint density at radius 1 is 1.24 bits per heavy atom. The molecule has 5 nitrogen and oxygen atoms in total. The maximum Gasteiger partial charge on any atom is 0.410 e. The van der Waals surface area contributed by atoms with Crippen LogP contribution in [0, 0.1) is 0 Å². The average Bonchev–Trinajstić information content (AvgIpc) is 2.79. The van der Waals surface area contributed by atoms with Crippen LogP contribution in [0.15, 0.2) is 36.7 Å². The van der Waals surface area contributed by atoms with Crippen LogP contribution in [0.1, 0.15) is 40.0 Å². The minimum absolute atomic E-state index is 0.204. The Labute approximate surface area is 149 Å². The fourth-order valence-electron chi connectivity index (χ4n) is 3.22. The van der Waals surface area contributed by atoms with Crippen LogP contribution in [0.25, 0.3) is 10.8 Å². The van der Waals surface area contributed by atoms with Crippen molar-refractivity contribution in [2.24, 2.45) is 0 Å². The van der Waals surface area contributed by atoms with Crippen molar-refractivity contribution < 1.29 is 9.53 Å². The Morgan fingerprint density at radius 2 is 2.08 bits per heavy atom. The summed E-state index contributed by atoms with van der Waals surface area (Å²) in [6.07, 6.45) is 6.44. The second kappa shape index (κ2) is 7.30. The first-order chi connectivity index (χ1) is 11.9. The van der Waals surface area contributed by atoms with E-state index in [0.717, 1.165) is 43.4 Å². The lowest BCUT2D eigenvalue weighted by Crippen LogP contribution is -2.37. The van der Waals surface area contributed by atoms with Crippen molar-refractivity contribution in [2.75, 3.05) is 18.4 Å². The number of hydrogen-bond acceptors (Lipinski definition) is 4. The highest BCUT2D eigenvalue weighted by molar-refractivity contribution is 5.93. The third kappa shape index (κ3) is 4.62. The van der Waals surface area contributed by atoms with Crippen molar-refractivity contribution in [1.29, 1.82) is 0 Å². The number of carbonyl (C=O) groups excluding carboxylic acids is 1. The predicted octanol–water partition coefficient (Wildman–Crippen LogP) is 4.44. The van der Waals surface area contributed by atoms with Crippen molar-refractivity contribution in [1.82, 2.24) is 9.88 Å². The lowest BCUT2D eigenvalue weighted by atomic mass is 10.1. The summed E-state index contributed by atoms with van der Waals surface area (Å²) in [6.45, 7) is 7.19. The van der Waals surface area contributed by atoms with Crippen molar-refractivity contribution in [3.8, 4) is 0 Å². The molecule has 1 aliphatic heterocycles. The molecule has 134 valence electrons. The van der Waals surface area contributed by atoms with Crippen molar-refractivity contribution in [3.63, 3.8) is 0 Å². The lowest BCUT2D eigenvalue weighted by molar-refractivity contribution is 0.0256. The molecule has 2 aromatic rings. The fraction of sp³-hybridized carbons (Fsp3) is 0.500. The normalized spacial score (nSPS) is 18.7. The van der Waals surface area contributed by atoms with Gasteiger partial charge in [0.15, 0.2) is 0 Å². The van der Waals surface area contributed by atoms with Crippen LogP contribution < -0.4 is 5.32 Å². The second-order valence-electron chi connectivity index (χ2n) is 7.64. The molecule has 0 saturated carbocycles. The number of likely N-dealkylation sites (tertiary alicyclic amines) is 1. The molecule has 0 spiro atoms. The zero-order valence-corrected chi connectivity index (χ0v) is 15.3. The summed E-state index contributed by atoms with van der Waals surface area (Å²) in [5, 5.41) is 5.99. The van der Waals surface area contributed by atoms with E-state index >= 15 is 0 Å². The number of rotatable bonds is 2. The Morgan fingerprint density at radius 3 is 2.88 bits per heavy atom. The van der Waals surface area contributed by atoms with E-state index in [1.807, 2.05) is 44.1 Å². The Kier molecular flexibility index (Phi) is 5.11. The highest BCUT2D eigenvalue weighted by atomic mass is 16.6. The molecule has 1 aromatic heterocycles. The van der Waals surface area contributed by atoms with Gasteiger partial charge in [0.1, 0.15) is 5.60 Å². The molecule has 1 fully saturated rings. The van der Waals surface area contributed by atoms with Gasteiger partial charge in [-0.1, -0.05) is 12.1 Å². The molecule has 0 radical (unpaired) electrons. The van der Waals surface area contributed by atoms with E-state index in [0.29, 0.717) is 6.04 Å². The van der Waals surface area contributed by atoms with Crippen LogP contribution in [0.4, 0.5) is 10.5 Å². The summed E-state index contributed by atoms with van der Waals surface area (Å²) in [5.74, 6) is 0. The molecule has 1 N–H and O–H groups in total. The van der Waals surface area contributed by atoms with Gasteiger partial charge in [-0.2, -0.15) is 0 Å². The van der Waals surface area contributed by atoms with Crippen LogP contribution in [-0.4, -0.2) is 40.7 Å². The molecule has 0 bridgehead atoms. The molecule has 1 atom stereocenters. The van der Waals surface area contributed by atoms with Crippen LogP contribution >= 0.6 is 0 Å². The topological polar surface area (TPSA) is 54.5 Å². The molecule has 1 amide bonds. The zero-order chi connectivity index (χ0) is 17.9. The summed E-state index contributed by atoms with van der Waals surface area (Å²) >= 11 is 0. The number of carbonyl (C=O) groups is 1.